The lowest BCUT2D eigenvalue weighted by Gasteiger charge is -2.14. The molecule has 3 rings (SSSR count). The molecule has 0 bridgehead atoms. The molecule has 8 nitrogen and oxygen atoms in total. The first kappa shape index (κ1) is 18.4. The van der Waals surface area contributed by atoms with Crippen LogP contribution in [0.15, 0.2) is 42.7 Å². The lowest BCUT2D eigenvalue weighted by molar-refractivity contribution is 0.174. The molecule has 0 saturated carbocycles. The van der Waals surface area contributed by atoms with E-state index < -0.39 is 23.8 Å². The van der Waals surface area contributed by atoms with Crippen LogP contribution in [0.3, 0.4) is 0 Å². The SMILES string of the molecule is Cc1ccc(NC(=O)NC[C@H](O)c2ccc(F)c(F)c2)cc1-n1cnnn1. The molecule has 0 fully saturated rings. The first-order valence-electron chi connectivity index (χ1n) is 7.96. The summed E-state index contributed by atoms with van der Waals surface area (Å²) in [5.74, 6) is -2.07. The van der Waals surface area contributed by atoms with E-state index >= 15 is 0 Å². The fourth-order valence-electron chi connectivity index (χ4n) is 2.41. The number of nitrogens with one attached hydrogen (secondary N) is 2. The third kappa shape index (κ3) is 4.42. The van der Waals surface area contributed by atoms with Gasteiger partial charge in [0.05, 0.1) is 11.8 Å². The Kier molecular flexibility index (Phi) is 5.36. The average Bonchev–Trinajstić information content (AvgIpc) is 3.18. The number of aryl methyl sites for hydroxylation is 1. The maximum Gasteiger partial charge on any atom is 0.319 e. The highest BCUT2D eigenvalue weighted by atomic mass is 19.2. The van der Waals surface area contributed by atoms with E-state index in [-0.39, 0.29) is 12.1 Å². The van der Waals surface area contributed by atoms with E-state index in [1.165, 1.54) is 17.1 Å². The van der Waals surface area contributed by atoms with Crippen LogP contribution in [-0.4, -0.2) is 37.9 Å². The highest BCUT2D eigenvalue weighted by Gasteiger charge is 2.13. The van der Waals surface area contributed by atoms with Gasteiger partial charge in [0.25, 0.3) is 0 Å². The van der Waals surface area contributed by atoms with Gasteiger partial charge in [0.2, 0.25) is 0 Å². The van der Waals surface area contributed by atoms with E-state index in [4.69, 9.17) is 0 Å². The predicted molar refractivity (Wildman–Crippen MR) is 92.2 cm³/mol. The summed E-state index contributed by atoms with van der Waals surface area (Å²) in [6.45, 7) is 1.70. The number of urea groups is 1. The van der Waals surface area contributed by atoms with Gasteiger partial charge >= 0.3 is 6.03 Å². The number of amides is 2. The molecule has 2 amide bonds. The van der Waals surface area contributed by atoms with Gasteiger partial charge in [-0.1, -0.05) is 12.1 Å². The topological polar surface area (TPSA) is 105 Å². The van der Waals surface area contributed by atoms with Crippen LogP contribution in [0.5, 0.6) is 0 Å². The Balaban J connectivity index is 1.61. The number of aliphatic hydroxyl groups is 1. The minimum atomic E-state index is -1.18. The summed E-state index contributed by atoms with van der Waals surface area (Å²) in [6.07, 6.45) is 0.255. The number of aliphatic hydroxyl groups excluding tert-OH is 1. The number of anilines is 1. The van der Waals surface area contributed by atoms with E-state index in [1.54, 1.807) is 18.2 Å². The maximum atomic E-state index is 13.2. The summed E-state index contributed by atoms with van der Waals surface area (Å²) < 4.78 is 27.6. The molecule has 0 spiro atoms. The summed E-state index contributed by atoms with van der Waals surface area (Å²) >= 11 is 0. The van der Waals surface area contributed by atoms with Gasteiger partial charge in [0.1, 0.15) is 6.33 Å². The van der Waals surface area contributed by atoms with Crippen molar-refractivity contribution in [1.29, 1.82) is 0 Å². The van der Waals surface area contributed by atoms with E-state index in [0.29, 0.717) is 11.4 Å². The number of rotatable bonds is 5. The number of hydrogen-bond donors (Lipinski definition) is 3. The fraction of sp³-hybridized carbons (Fsp3) is 0.176. The molecular weight excluding hydrogens is 358 g/mol. The number of tetrazole rings is 1. The van der Waals surface area contributed by atoms with Crippen LogP contribution in [0.1, 0.15) is 17.2 Å². The van der Waals surface area contributed by atoms with Gasteiger partial charge in [0.15, 0.2) is 11.6 Å². The maximum absolute atomic E-state index is 13.2. The molecule has 0 radical (unpaired) electrons. The zero-order valence-corrected chi connectivity index (χ0v) is 14.2. The van der Waals surface area contributed by atoms with Gasteiger partial charge in [-0.25, -0.2) is 18.3 Å². The summed E-state index contributed by atoms with van der Waals surface area (Å²) in [6, 6.07) is 7.68. The van der Waals surface area contributed by atoms with Crippen molar-refractivity contribution in [2.24, 2.45) is 0 Å². The third-order valence-corrected chi connectivity index (χ3v) is 3.85. The molecule has 140 valence electrons. The van der Waals surface area contributed by atoms with Crippen LogP contribution in [-0.2, 0) is 0 Å². The van der Waals surface area contributed by atoms with Crippen LogP contribution < -0.4 is 10.6 Å². The molecule has 27 heavy (non-hydrogen) atoms. The van der Waals surface area contributed by atoms with Crippen molar-refractivity contribution in [1.82, 2.24) is 25.5 Å². The molecule has 10 heteroatoms. The second kappa shape index (κ2) is 7.87. The minimum Gasteiger partial charge on any atom is -0.387 e. The molecule has 2 aromatic carbocycles. The lowest BCUT2D eigenvalue weighted by Crippen LogP contribution is -2.32. The summed E-state index contributed by atoms with van der Waals surface area (Å²) in [7, 11) is 0. The van der Waals surface area contributed by atoms with E-state index in [1.807, 2.05) is 6.92 Å². The number of carbonyl (C=O) groups excluding carboxylic acids is 1. The second-order valence-electron chi connectivity index (χ2n) is 5.78. The smallest absolute Gasteiger partial charge is 0.319 e. The van der Waals surface area contributed by atoms with Crippen LogP contribution in [0, 0.1) is 18.6 Å². The Morgan fingerprint density at radius 3 is 2.74 bits per heavy atom. The Labute approximate surface area is 152 Å². The van der Waals surface area contributed by atoms with Crippen LogP contribution in [0.2, 0.25) is 0 Å². The Morgan fingerprint density at radius 1 is 1.22 bits per heavy atom. The monoisotopic (exact) mass is 374 g/mol. The second-order valence-corrected chi connectivity index (χ2v) is 5.78. The van der Waals surface area contributed by atoms with Gasteiger partial charge in [-0.2, -0.15) is 0 Å². The molecular formula is C17H16F2N6O2. The van der Waals surface area contributed by atoms with E-state index in [9.17, 15) is 18.7 Å². The molecule has 0 saturated heterocycles. The average molecular weight is 374 g/mol. The molecule has 3 aromatic rings. The van der Waals surface area contributed by atoms with Gasteiger partial charge in [-0.15, -0.1) is 5.10 Å². The van der Waals surface area contributed by atoms with Gasteiger partial charge < -0.3 is 15.7 Å². The van der Waals surface area contributed by atoms with Crippen molar-refractivity contribution in [3.05, 3.63) is 65.5 Å². The fourth-order valence-corrected chi connectivity index (χ4v) is 2.41. The highest BCUT2D eigenvalue weighted by molar-refractivity contribution is 5.89. The van der Waals surface area contributed by atoms with Gasteiger partial charge in [-0.05, 0) is 52.7 Å². The number of aromatic nitrogens is 4. The molecule has 3 N–H and O–H groups in total. The number of benzene rings is 2. The van der Waals surface area contributed by atoms with Crippen molar-refractivity contribution in [2.45, 2.75) is 13.0 Å². The number of halogens is 2. The van der Waals surface area contributed by atoms with Gasteiger partial charge in [0, 0.05) is 12.2 Å². The molecule has 0 aliphatic carbocycles. The van der Waals surface area contributed by atoms with E-state index in [2.05, 4.69) is 26.2 Å². The summed E-state index contributed by atoms with van der Waals surface area (Å²) in [4.78, 5) is 12.0. The zero-order valence-electron chi connectivity index (χ0n) is 14.2. The summed E-state index contributed by atoms with van der Waals surface area (Å²) in [5, 5.41) is 26.0. The van der Waals surface area contributed by atoms with Crippen molar-refractivity contribution >= 4 is 11.7 Å². The van der Waals surface area contributed by atoms with E-state index in [0.717, 1.165) is 17.7 Å². The predicted octanol–water partition coefficient (Wildman–Crippen LogP) is 2.10. The quantitative estimate of drug-likeness (QED) is 0.634. The molecule has 0 unspecified atom stereocenters. The van der Waals surface area contributed by atoms with Crippen molar-refractivity contribution in [3.63, 3.8) is 0 Å². The van der Waals surface area contributed by atoms with Crippen molar-refractivity contribution in [3.8, 4) is 5.69 Å². The minimum absolute atomic E-state index is 0.158. The standard InChI is InChI=1S/C17H16F2N6O2/c1-10-2-4-12(7-15(10)25-9-21-23-24-25)22-17(27)20-8-16(26)11-3-5-13(18)14(19)6-11/h2-7,9,16,26H,8H2,1H3,(H2,20,22,27)/t16-/m0/s1. The molecule has 1 atom stereocenters. The lowest BCUT2D eigenvalue weighted by atomic mass is 10.1. The van der Waals surface area contributed by atoms with Gasteiger partial charge in [-0.3, -0.25) is 0 Å². The number of hydrogen-bond acceptors (Lipinski definition) is 5. The Morgan fingerprint density at radius 2 is 2.04 bits per heavy atom. The largest absolute Gasteiger partial charge is 0.387 e. The normalized spacial score (nSPS) is 11.9. The first-order chi connectivity index (χ1) is 12.9. The van der Waals surface area contributed by atoms with Crippen LogP contribution in [0.4, 0.5) is 19.3 Å². The molecule has 0 aliphatic heterocycles. The number of carbonyl (C=O) groups is 1. The number of nitrogens with zero attached hydrogens (tertiary/aromatic N) is 4. The molecule has 1 heterocycles. The highest BCUT2D eigenvalue weighted by Crippen LogP contribution is 2.19. The van der Waals surface area contributed by atoms with Crippen LogP contribution in [0.25, 0.3) is 5.69 Å². The molecule has 1 aromatic heterocycles. The molecule has 0 aliphatic rings. The van der Waals surface area contributed by atoms with Crippen molar-refractivity contribution in [2.75, 3.05) is 11.9 Å². The van der Waals surface area contributed by atoms with Crippen LogP contribution >= 0.6 is 0 Å². The van der Waals surface area contributed by atoms with Crippen molar-refractivity contribution < 1.29 is 18.7 Å². The third-order valence-electron chi connectivity index (χ3n) is 3.85. The first-order valence-corrected chi connectivity index (χ1v) is 7.96. The Bertz CT molecular complexity index is 949. The summed E-state index contributed by atoms with van der Waals surface area (Å²) in [5.41, 5.74) is 2.25. The zero-order chi connectivity index (χ0) is 19.4. The Hall–Kier alpha value is -3.40.